The minimum Gasteiger partial charge on any atom is -0.309 e. The summed E-state index contributed by atoms with van der Waals surface area (Å²) < 4.78 is 4.50. The van der Waals surface area contributed by atoms with E-state index in [1.807, 2.05) is 60.7 Å². The van der Waals surface area contributed by atoms with E-state index in [1.165, 1.54) is 16.3 Å². The van der Waals surface area contributed by atoms with E-state index >= 15 is 0 Å². The molecular weight excluding hydrogens is 759 g/mol. The van der Waals surface area contributed by atoms with Crippen molar-refractivity contribution in [3.63, 3.8) is 0 Å². The van der Waals surface area contributed by atoms with Gasteiger partial charge in [0, 0.05) is 38.4 Å². The lowest BCUT2D eigenvalue weighted by Gasteiger charge is -2.12. The molecule has 0 saturated carbocycles. The lowest BCUT2D eigenvalue weighted by molar-refractivity contribution is 0.995. The second kappa shape index (κ2) is 14.6. The molecule has 0 aliphatic rings. The zero-order valence-electron chi connectivity index (χ0n) is 33.0. The lowest BCUT2D eigenvalue weighted by atomic mass is 9.95. The van der Waals surface area contributed by atoms with E-state index < -0.39 is 0 Å². The van der Waals surface area contributed by atoms with Gasteiger partial charge in [0.25, 0.3) is 0 Å². The molecule has 0 radical (unpaired) electrons. The zero-order valence-corrected chi connectivity index (χ0v) is 33.0. The molecule has 0 aliphatic carbocycles. The predicted octanol–water partition coefficient (Wildman–Crippen LogP) is 13.0. The predicted molar refractivity (Wildman–Crippen MR) is 247 cm³/mol. The Labute approximate surface area is 356 Å². The first kappa shape index (κ1) is 36.0. The summed E-state index contributed by atoms with van der Waals surface area (Å²) in [6, 6.07) is 70.4. The molecule has 11 rings (SSSR count). The van der Waals surface area contributed by atoms with Crippen LogP contribution >= 0.6 is 0 Å². The second-order valence-corrected chi connectivity index (χ2v) is 15.2. The number of hydrogen-bond acceptors (Lipinski definition) is 5. The fourth-order valence-corrected chi connectivity index (χ4v) is 8.75. The largest absolute Gasteiger partial charge is 0.309 e. The molecule has 0 aliphatic heterocycles. The molecule has 0 spiro atoms. The molecule has 286 valence electrons. The summed E-state index contributed by atoms with van der Waals surface area (Å²) in [6.45, 7) is 0. The first-order valence-corrected chi connectivity index (χ1v) is 20.2. The summed E-state index contributed by atoms with van der Waals surface area (Å²) in [4.78, 5) is 10.5. The highest BCUT2D eigenvalue weighted by Crippen LogP contribution is 2.39. The maximum Gasteiger partial charge on any atom is 0.235 e. The Morgan fingerprint density at radius 3 is 1.50 bits per heavy atom. The van der Waals surface area contributed by atoms with Crippen molar-refractivity contribution in [1.82, 2.24) is 19.1 Å². The molecule has 3 aromatic heterocycles. The van der Waals surface area contributed by atoms with Crippen LogP contribution in [0.15, 0.2) is 188 Å². The summed E-state index contributed by atoms with van der Waals surface area (Å²) in [5.74, 6) is 0.544. The van der Waals surface area contributed by atoms with Crippen molar-refractivity contribution in [1.29, 1.82) is 15.8 Å². The third-order valence-electron chi connectivity index (χ3n) is 11.7. The van der Waals surface area contributed by atoms with Crippen molar-refractivity contribution in [2.45, 2.75) is 0 Å². The van der Waals surface area contributed by atoms with Crippen LogP contribution in [0.2, 0.25) is 0 Å². The van der Waals surface area contributed by atoms with Crippen molar-refractivity contribution in [3.05, 3.63) is 205 Å². The van der Waals surface area contributed by atoms with Gasteiger partial charge in [0.05, 0.1) is 50.1 Å². The highest BCUT2D eigenvalue weighted by molar-refractivity contribution is 6.12. The SMILES string of the molecule is N#Cc1cc(-c2ccc(-c3cc(-c4ccccc4)nc(-n4c5ccccc5c5cc(-c6ccc7c8ccccc8n(-c8ccccc8)c7c6)ccc54)n3)cc2)cc(C#N)c1C#N. The van der Waals surface area contributed by atoms with E-state index in [4.69, 9.17) is 9.97 Å². The van der Waals surface area contributed by atoms with Gasteiger partial charge in [0.2, 0.25) is 5.95 Å². The Kier molecular flexibility index (Phi) is 8.50. The maximum atomic E-state index is 9.73. The Hall–Kier alpha value is -9.09. The van der Waals surface area contributed by atoms with Crippen molar-refractivity contribution in [3.8, 4) is 74.6 Å². The molecule has 11 aromatic rings. The van der Waals surface area contributed by atoms with E-state index in [0.29, 0.717) is 11.5 Å². The molecular formula is C55H31N7. The van der Waals surface area contributed by atoms with E-state index in [-0.39, 0.29) is 16.7 Å². The van der Waals surface area contributed by atoms with E-state index in [0.717, 1.165) is 72.2 Å². The monoisotopic (exact) mass is 789 g/mol. The van der Waals surface area contributed by atoms with Crippen LogP contribution in [0.25, 0.3) is 100 Å². The maximum absolute atomic E-state index is 9.73. The van der Waals surface area contributed by atoms with E-state index in [9.17, 15) is 15.8 Å². The Morgan fingerprint density at radius 2 is 0.839 bits per heavy atom. The van der Waals surface area contributed by atoms with Gasteiger partial charge >= 0.3 is 0 Å². The highest BCUT2D eigenvalue weighted by atomic mass is 15.2. The quantitative estimate of drug-likeness (QED) is 0.167. The average Bonchev–Trinajstić information content (AvgIpc) is 3.86. The molecule has 0 atom stereocenters. The fourth-order valence-electron chi connectivity index (χ4n) is 8.75. The smallest absolute Gasteiger partial charge is 0.235 e. The number of para-hydroxylation sites is 3. The third-order valence-corrected chi connectivity index (χ3v) is 11.7. The number of hydrogen-bond donors (Lipinski definition) is 0. The summed E-state index contributed by atoms with van der Waals surface area (Å²) in [5.41, 5.74) is 12.9. The van der Waals surface area contributed by atoms with Crippen molar-refractivity contribution >= 4 is 43.6 Å². The summed E-state index contributed by atoms with van der Waals surface area (Å²) in [6.07, 6.45) is 0. The van der Waals surface area contributed by atoms with Crippen LogP contribution < -0.4 is 0 Å². The van der Waals surface area contributed by atoms with Crippen LogP contribution in [0.3, 0.4) is 0 Å². The standard InChI is InChI=1S/C55H31N7/c56-32-41-27-40(28-42(33-57)48(41)34-58)35-19-21-37(22-20-35)50-31-49(36-11-3-1-4-12-36)59-55(60-50)62-52-18-10-8-16-45(52)47-29-38(24-26-53(47)62)39-23-25-46-44-15-7-9-17-51(44)61(54(46)30-39)43-13-5-2-6-14-43/h1-31H. The van der Waals surface area contributed by atoms with E-state index in [2.05, 4.69) is 143 Å². The molecule has 62 heavy (non-hydrogen) atoms. The molecule has 0 unspecified atom stereocenters. The highest BCUT2D eigenvalue weighted by Gasteiger charge is 2.19. The van der Waals surface area contributed by atoms with Gasteiger partial charge in [-0.15, -0.1) is 0 Å². The first-order valence-electron chi connectivity index (χ1n) is 20.2. The van der Waals surface area contributed by atoms with Crippen LogP contribution in [0, 0.1) is 34.0 Å². The molecule has 0 saturated heterocycles. The van der Waals surface area contributed by atoms with Gasteiger partial charge in [0.1, 0.15) is 18.2 Å². The minimum atomic E-state index is 0.0864. The van der Waals surface area contributed by atoms with Gasteiger partial charge in [-0.3, -0.25) is 4.57 Å². The number of fused-ring (bicyclic) bond motifs is 6. The normalized spacial score (nSPS) is 11.2. The molecule has 0 N–H and O–H groups in total. The van der Waals surface area contributed by atoms with Crippen molar-refractivity contribution < 1.29 is 0 Å². The first-order chi connectivity index (χ1) is 30.6. The molecule has 0 amide bonds. The summed E-state index contributed by atoms with van der Waals surface area (Å²) in [7, 11) is 0. The topological polar surface area (TPSA) is 107 Å². The van der Waals surface area contributed by atoms with Gasteiger partial charge in [-0.2, -0.15) is 15.8 Å². The van der Waals surface area contributed by atoms with Crippen LogP contribution in [0.4, 0.5) is 0 Å². The number of nitrogens with zero attached hydrogens (tertiary/aromatic N) is 7. The van der Waals surface area contributed by atoms with Gasteiger partial charge in [0.15, 0.2) is 0 Å². The zero-order chi connectivity index (χ0) is 41.7. The van der Waals surface area contributed by atoms with Gasteiger partial charge in [-0.25, -0.2) is 9.97 Å². The van der Waals surface area contributed by atoms with Gasteiger partial charge in [-0.1, -0.05) is 127 Å². The number of nitriles is 3. The molecule has 7 nitrogen and oxygen atoms in total. The Bertz CT molecular complexity index is 3670. The second-order valence-electron chi connectivity index (χ2n) is 15.2. The summed E-state index contributed by atoms with van der Waals surface area (Å²) >= 11 is 0. The molecule has 0 bridgehead atoms. The van der Waals surface area contributed by atoms with Crippen LogP contribution in [0.1, 0.15) is 16.7 Å². The minimum absolute atomic E-state index is 0.0864. The van der Waals surface area contributed by atoms with Crippen LogP contribution in [-0.2, 0) is 0 Å². The Morgan fingerprint density at radius 1 is 0.339 bits per heavy atom. The number of rotatable bonds is 6. The van der Waals surface area contributed by atoms with Crippen LogP contribution in [0.5, 0.6) is 0 Å². The van der Waals surface area contributed by atoms with Gasteiger partial charge < -0.3 is 4.57 Å². The van der Waals surface area contributed by atoms with Crippen molar-refractivity contribution in [2.75, 3.05) is 0 Å². The third kappa shape index (κ3) is 5.88. The molecule has 3 heterocycles. The lowest BCUT2D eigenvalue weighted by Crippen LogP contribution is -2.04. The van der Waals surface area contributed by atoms with Gasteiger partial charge in [-0.05, 0) is 82.9 Å². The Balaban J connectivity index is 1.06. The van der Waals surface area contributed by atoms with E-state index in [1.54, 1.807) is 12.1 Å². The molecule has 7 heteroatoms. The number of aromatic nitrogens is 4. The van der Waals surface area contributed by atoms with Crippen LogP contribution in [-0.4, -0.2) is 19.1 Å². The van der Waals surface area contributed by atoms with Crippen molar-refractivity contribution in [2.24, 2.45) is 0 Å². The fraction of sp³-hybridized carbons (Fsp3) is 0. The average molecular weight is 790 g/mol. The summed E-state index contributed by atoms with van der Waals surface area (Å²) in [5, 5.41) is 33.7. The molecule has 0 fully saturated rings. The number of benzene rings is 8. The molecule has 8 aromatic carbocycles.